The van der Waals surface area contributed by atoms with Gasteiger partial charge in [0.1, 0.15) is 17.5 Å². The Bertz CT molecular complexity index is 653. The molecule has 0 aliphatic rings. The van der Waals surface area contributed by atoms with Gasteiger partial charge in [-0.05, 0) is 24.6 Å². The van der Waals surface area contributed by atoms with Crippen LogP contribution in [0.25, 0.3) is 11.4 Å². The Balaban J connectivity index is 2.36. The van der Waals surface area contributed by atoms with Crippen molar-refractivity contribution >= 4 is 5.82 Å². The van der Waals surface area contributed by atoms with Crippen molar-refractivity contribution in [1.29, 1.82) is 0 Å². The van der Waals surface area contributed by atoms with E-state index in [0.29, 0.717) is 17.9 Å². The van der Waals surface area contributed by atoms with E-state index in [9.17, 15) is 13.9 Å². The molecule has 0 amide bonds. The third-order valence-electron chi connectivity index (χ3n) is 3.04. The fourth-order valence-corrected chi connectivity index (χ4v) is 1.85. The number of aromatic nitrogens is 2. The highest BCUT2D eigenvalue weighted by molar-refractivity contribution is 5.58. The van der Waals surface area contributed by atoms with Crippen LogP contribution in [-0.4, -0.2) is 39.4 Å². The summed E-state index contributed by atoms with van der Waals surface area (Å²) >= 11 is 0. The van der Waals surface area contributed by atoms with Crippen LogP contribution in [-0.2, 0) is 6.42 Å². The van der Waals surface area contributed by atoms with Gasteiger partial charge >= 0.3 is 0 Å². The summed E-state index contributed by atoms with van der Waals surface area (Å²) < 4.78 is 27.2. The van der Waals surface area contributed by atoms with Gasteiger partial charge in [-0.2, -0.15) is 0 Å². The zero-order chi connectivity index (χ0) is 16.1. The molecule has 0 saturated carbocycles. The minimum absolute atomic E-state index is 0.0268. The second-order valence-corrected chi connectivity index (χ2v) is 4.76. The van der Waals surface area contributed by atoms with Crippen LogP contribution in [0.2, 0.25) is 0 Å². The molecule has 0 bridgehead atoms. The van der Waals surface area contributed by atoms with Gasteiger partial charge in [-0.1, -0.05) is 6.92 Å². The van der Waals surface area contributed by atoms with Gasteiger partial charge in [-0.3, -0.25) is 0 Å². The van der Waals surface area contributed by atoms with Crippen molar-refractivity contribution < 1.29 is 19.0 Å². The maximum absolute atomic E-state index is 13.9. The molecular weight excluding hydrogens is 292 g/mol. The molecule has 5 nitrogen and oxygen atoms in total. The van der Waals surface area contributed by atoms with Crippen LogP contribution in [0.1, 0.15) is 12.6 Å². The number of aliphatic hydroxyl groups is 2. The predicted molar refractivity (Wildman–Crippen MR) is 78.3 cm³/mol. The van der Waals surface area contributed by atoms with Crippen molar-refractivity contribution in [3.63, 3.8) is 0 Å². The molecule has 7 heteroatoms. The topological polar surface area (TPSA) is 78.3 Å². The molecule has 1 unspecified atom stereocenters. The van der Waals surface area contributed by atoms with E-state index in [1.54, 1.807) is 6.07 Å². The van der Waals surface area contributed by atoms with Gasteiger partial charge in [0.15, 0.2) is 5.82 Å². The summed E-state index contributed by atoms with van der Waals surface area (Å²) in [4.78, 5) is 8.34. The number of rotatable bonds is 6. The second-order valence-electron chi connectivity index (χ2n) is 4.76. The van der Waals surface area contributed by atoms with Crippen LogP contribution < -0.4 is 5.32 Å². The van der Waals surface area contributed by atoms with E-state index in [1.165, 1.54) is 0 Å². The lowest BCUT2D eigenvalue weighted by Crippen LogP contribution is -2.23. The summed E-state index contributed by atoms with van der Waals surface area (Å²) in [6, 6.07) is 4.75. The van der Waals surface area contributed by atoms with Gasteiger partial charge in [0.05, 0.1) is 18.3 Å². The monoisotopic (exact) mass is 309 g/mol. The Labute approximate surface area is 126 Å². The largest absolute Gasteiger partial charge is 0.394 e. The third-order valence-corrected chi connectivity index (χ3v) is 3.04. The van der Waals surface area contributed by atoms with Crippen LogP contribution in [0.5, 0.6) is 0 Å². The van der Waals surface area contributed by atoms with Gasteiger partial charge in [0.2, 0.25) is 0 Å². The molecule has 1 aromatic heterocycles. The molecule has 118 valence electrons. The summed E-state index contributed by atoms with van der Waals surface area (Å²) in [7, 11) is 0. The molecule has 0 spiro atoms. The number of nitrogens with one attached hydrogen (secondary N) is 1. The summed E-state index contributed by atoms with van der Waals surface area (Å²) in [5.74, 6) is -0.751. The summed E-state index contributed by atoms with van der Waals surface area (Å²) in [5.41, 5.74) is 0.621. The number of anilines is 1. The molecular formula is C15H17F2N3O2. The first-order valence-corrected chi connectivity index (χ1v) is 6.89. The smallest absolute Gasteiger partial charge is 0.164 e. The Hall–Kier alpha value is -2.12. The maximum atomic E-state index is 13.9. The molecule has 2 aromatic rings. The molecule has 22 heavy (non-hydrogen) atoms. The van der Waals surface area contributed by atoms with E-state index >= 15 is 0 Å². The second kappa shape index (κ2) is 7.24. The van der Waals surface area contributed by atoms with Crippen molar-refractivity contribution in [3.05, 3.63) is 41.6 Å². The number of halogens is 2. The van der Waals surface area contributed by atoms with Crippen LogP contribution in [0.4, 0.5) is 14.6 Å². The minimum Gasteiger partial charge on any atom is -0.394 e. The highest BCUT2D eigenvalue weighted by Crippen LogP contribution is 2.22. The number of aryl methyl sites for hydroxylation is 1. The highest BCUT2D eigenvalue weighted by atomic mass is 19.1. The Morgan fingerprint density at radius 2 is 2.00 bits per heavy atom. The average Bonchev–Trinajstić information content (AvgIpc) is 2.54. The standard InChI is InChI=1S/C15H17F2N3O2/c1-2-10-6-14(18-7-11(22)8-21)20-15(19-10)12-5-9(16)3-4-13(12)17/h3-6,11,21-22H,2,7-8H2,1H3,(H,18,19,20). The van der Waals surface area contributed by atoms with Gasteiger partial charge < -0.3 is 15.5 Å². The summed E-state index contributed by atoms with van der Waals surface area (Å²) in [6.07, 6.45) is -0.349. The zero-order valence-corrected chi connectivity index (χ0v) is 12.1. The fraction of sp³-hybridized carbons (Fsp3) is 0.333. The van der Waals surface area contributed by atoms with E-state index in [1.807, 2.05) is 6.92 Å². The maximum Gasteiger partial charge on any atom is 0.164 e. The van der Waals surface area contributed by atoms with Crippen LogP contribution >= 0.6 is 0 Å². The molecule has 2 rings (SSSR count). The Morgan fingerprint density at radius 3 is 2.68 bits per heavy atom. The molecule has 0 aliphatic carbocycles. The average molecular weight is 309 g/mol. The van der Waals surface area contributed by atoms with Crippen LogP contribution in [0.15, 0.2) is 24.3 Å². The van der Waals surface area contributed by atoms with Gasteiger partial charge in [0, 0.05) is 18.3 Å². The van der Waals surface area contributed by atoms with Gasteiger partial charge in [-0.25, -0.2) is 18.7 Å². The Morgan fingerprint density at radius 1 is 1.23 bits per heavy atom. The lowest BCUT2D eigenvalue weighted by atomic mass is 10.2. The van der Waals surface area contributed by atoms with Crippen molar-refractivity contribution in [3.8, 4) is 11.4 Å². The first-order chi connectivity index (χ1) is 10.5. The van der Waals surface area contributed by atoms with E-state index in [4.69, 9.17) is 5.11 Å². The molecule has 1 heterocycles. The number of nitrogens with zero attached hydrogens (tertiary/aromatic N) is 2. The number of benzene rings is 1. The van der Waals surface area contributed by atoms with E-state index < -0.39 is 17.7 Å². The number of aliphatic hydroxyl groups excluding tert-OH is 2. The van der Waals surface area contributed by atoms with E-state index in [0.717, 1.165) is 18.2 Å². The molecule has 0 radical (unpaired) electrons. The first-order valence-electron chi connectivity index (χ1n) is 6.89. The van der Waals surface area contributed by atoms with Gasteiger partial charge in [-0.15, -0.1) is 0 Å². The summed E-state index contributed by atoms with van der Waals surface area (Å²) in [5, 5.41) is 21.0. The van der Waals surface area contributed by atoms with Crippen molar-refractivity contribution in [2.75, 3.05) is 18.5 Å². The molecule has 1 aromatic carbocycles. The number of hydrogen-bond acceptors (Lipinski definition) is 5. The van der Waals surface area contributed by atoms with Crippen molar-refractivity contribution in [2.45, 2.75) is 19.4 Å². The quantitative estimate of drug-likeness (QED) is 0.758. The molecule has 3 N–H and O–H groups in total. The first kappa shape index (κ1) is 16.3. The molecule has 0 fully saturated rings. The molecule has 0 saturated heterocycles. The summed E-state index contributed by atoms with van der Waals surface area (Å²) in [6.45, 7) is 1.58. The van der Waals surface area contributed by atoms with Crippen LogP contribution in [0, 0.1) is 11.6 Å². The zero-order valence-electron chi connectivity index (χ0n) is 12.1. The van der Waals surface area contributed by atoms with E-state index in [-0.39, 0.29) is 24.5 Å². The van der Waals surface area contributed by atoms with Crippen molar-refractivity contribution in [2.24, 2.45) is 0 Å². The Kier molecular flexibility index (Phi) is 5.35. The van der Waals surface area contributed by atoms with Gasteiger partial charge in [0.25, 0.3) is 0 Å². The minimum atomic E-state index is -0.936. The highest BCUT2D eigenvalue weighted by Gasteiger charge is 2.12. The molecule has 0 aliphatic heterocycles. The molecule has 1 atom stereocenters. The van der Waals surface area contributed by atoms with Crippen molar-refractivity contribution in [1.82, 2.24) is 9.97 Å². The normalized spacial score (nSPS) is 12.2. The number of hydrogen-bond donors (Lipinski definition) is 3. The third kappa shape index (κ3) is 3.96. The van der Waals surface area contributed by atoms with Crippen LogP contribution in [0.3, 0.4) is 0 Å². The van der Waals surface area contributed by atoms with E-state index in [2.05, 4.69) is 15.3 Å². The lowest BCUT2D eigenvalue weighted by Gasteiger charge is -2.12. The lowest BCUT2D eigenvalue weighted by molar-refractivity contribution is 0.105. The fourth-order valence-electron chi connectivity index (χ4n) is 1.85. The SMILES string of the molecule is CCc1cc(NCC(O)CO)nc(-c2cc(F)ccc2F)n1. The predicted octanol–water partition coefficient (Wildman–Crippen LogP) is 1.75.